The SMILES string of the molecule is CC(c1ccc(OCc2ccccc2)cc1)C1(O)CCCCC1N1CC[C@H](N)C1.Cl.Cl. The van der Waals surface area contributed by atoms with E-state index in [1.807, 2.05) is 30.3 Å². The van der Waals surface area contributed by atoms with Gasteiger partial charge in [-0.15, -0.1) is 24.8 Å². The highest BCUT2D eigenvalue weighted by atomic mass is 35.5. The summed E-state index contributed by atoms with van der Waals surface area (Å²) in [5, 5.41) is 11.8. The van der Waals surface area contributed by atoms with Gasteiger partial charge >= 0.3 is 0 Å². The molecule has 6 heteroatoms. The van der Waals surface area contributed by atoms with E-state index in [0.29, 0.717) is 6.61 Å². The first-order valence-corrected chi connectivity index (χ1v) is 11.0. The van der Waals surface area contributed by atoms with Crippen LogP contribution in [0.15, 0.2) is 54.6 Å². The van der Waals surface area contributed by atoms with Crippen molar-refractivity contribution in [2.45, 2.75) is 69.2 Å². The molecule has 0 bridgehead atoms. The van der Waals surface area contributed by atoms with Gasteiger partial charge in [0.2, 0.25) is 0 Å². The van der Waals surface area contributed by atoms with Crippen molar-refractivity contribution >= 4 is 24.8 Å². The minimum Gasteiger partial charge on any atom is -0.489 e. The summed E-state index contributed by atoms with van der Waals surface area (Å²) in [6.45, 7) is 4.66. The summed E-state index contributed by atoms with van der Waals surface area (Å²) in [6, 6.07) is 18.9. The maximum atomic E-state index is 11.8. The molecule has 2 fully saturated rings. The molecule has 2 aliphatic rings. The molecule has 1 saturated heterocycles. The minimum absolute atomic E-state index is 0. The molecule has 0 amide bonds. The molecule has 2 aromatic rings. The van der Waals surface area contributed by atoms with E-state index in [1.165, 1.54) is 12.0 Å². The first-order chi connectivity index (χ1) is 14.1. The average Bonchev–Trinajstić information content (AvgIpc) is 3.19. The third kappa shape index (κ3) is 5.94. The Bertz CT molecular complexity index is 790. The van der Waals surface area contributed by atoms with Crippen molar-refractivity contribution in [3.8, 4) is 5.75 Å². The third-order valence-corrected chi connectivity index (χ3v) is 6.96. The number of nitrogens with two attached hydrogens (primary N) is 1. The lowest BCUT2D eigenvalue weighted by molar-refractivity contribution is -0.0838. The lowest BCUT2D eigenvalue weighted by Gasteiger charge is -2.48. The highest BCUT2D eigenvalue weighted by molar-refractivity contribution is 5.85. The number of aliphatic hydroxyl groups is 1. The maximum Gasteiger partial charge on any atom is 0.119 e. The van der Waals surface area contributed by atoms with Crippen LogP contribution < -0.4 is 10.5 Å². The Morgan fingerprint density at radius 1 is 1.06 bits per heavy atom. The van der Waals surface area contributed by atoms with Crippen molar-refractivity contribution in [1.82, 2.24) is 4.90 Å². The van der Waals surface area contributed by atoms with Gasteiger partial charge in [0.05, 0.1) is 5.60 Å². The fraction of sp³-hybridized carbons (Fsp3) is 0.520. The van der Waals surface area contributed by atoms with E-state index >= 15 is 0 Å². The molecule has 0 aromatic heterocycles. The predicted octanol–water partition coefficient (Wildman–Crippen LogP) is 4.92. The molecule has 2 aromatic carbocycles. The molecule has 3 unspecified atom stereocenters. The molecule has 1 saturated carbocycles. The number of ether oxygens (including phenoxy) is 1. The van der Waals surface area contributed by atoms with E-state index in [2.05, 4.69) is 36.1 Å². The van der Waals surface area contributed by atoms with Gasteiger partial charge in [-0.3, -0.25) is 4.90 Å². The van der Waals surface area contributed by atoms with Crippen molar-refractivity contribution in [2.75, 3.05) is 13.1 Å². The van der Waals surface area contributed by atoms with E-state index in [0.717, 1.165) is 50.1 Å². The standard InChI is InChI=1S/C25H34N2O2.2ClH/c1-19(25(28)15-6-5-9-24(25)27-16-14-22(26)17-27)21-10-12-23(13-11-21)29-18-20-7-3-2-4-8-20;;/h2-4,7-8,10-13,19,22,24,28H,5-6,9,14-18,26H2,1H3;2*1H/t19?,22-,24?,25?;;/m0../s1. The Balaban J connectivity index is 0.00000171. The van der Waals surface area contributed by atoms with Crippen molar-refractivity contribution < 1.29 is 9.84 Å². The molecule has 1 aliphatic heterocycles. The molecule has 4 nitrogen and oxygen atoms in total. The molecule has 172 valence electrons. The normalized spacial score (nSPS) is 27.1. The highest BCUT2D eigenvalue weighted by Gasteiger charge is 2.47. The predicted molar refractivity (Wildman–Crippen MR) is 131 cm³/mol. The van der Waals surface area contributed by atoms with Gasteiger partial charge < -0.3 is 15.6 Å². The molecule has 3 N–H and O–H groups in total. The van der Waals surface area contributed by atoms with Crippen LogP contribution >= 0.6 is 24.8 Å². The largest absolute Gasteiger partial charge is 0.489 e. The number of benzene rings is 2. The van der Waals surface area contributed by atoms with Gasteiger partial charge in [0.25, 0.3) is 0 Å². The Morgan fingerprint density at radius 3 is 2.42 bits per heavy atom. The van der Waals surface area contributed by atoms with Crippen molar-refractivity contribution in [2.24, 2.45) is 5.73 Å². The number of halogens is 2. The van der Waals surface area contributed by atoms with Crippen LogP contribution in [-0.2, 0) is 6.61 Å². The number of hydrogen-bond donors (Lipinski definition) is 2. The minimum atomic E-state index is -0.700. The topological polar surface area (TPSA) is 58.7 Å². The summed E-state index contributed by atoms with van der Waals surface area (Å²) < 4.78 is 5.93. The molecule has 4 rings (SSSR count). The fourth-order valence-corrected chi connectivity index (χ4v) is 5.15. The van der Waals surface area contributed by atoms with Crippen LogP contribution in [0.25, 0.3) is 0 Å². The summed E-state index contributed by atoms with van der Waals surface area (Å²) in [7, 11) is 0. The summed E-state index contributed by atoms with van der Waals surface area (Å²) >= 11 is 0. The van der Waals surface area contributed by atoms with E-state index in [4.69, 9.17) is 10.5 Å². The molecule has 0 radical (unpaired) electrons. The van der Waals surface area contributed by atoms with Crippen LogP contribution in [0.1, 0.15) is 56.1 Å². The molecule has 1 heterocycles. The summed E-state index contributed by atoms with van der Waals surface area (Å²) in [6.07, 6.45) is 5.24. The van der Waals surface area contributed by atoms with Crippen LogP contribution in [0.4, 0.5) is 0 Å². The van der Waals surface area contributed by atoms with Gasteiger partial charge in [0.15, 0.2) is 0 Å². The zero-order valence-electron chi connectivity index (χ0n) is 18.3. The second-order valence-electron chi connectivity index (χ2n) is 8.86. The summed E-state index contributed by atoms with van der Waals surface area (Å²) in [4.78, 5) is 2.44. The Labute approximate surface area is 199 Å². The highest BCUT2D eigenvalue weighted by Crippen LogP contribution is 2.43. The van der Waals surface area contributed by atoms with E-state index in [1.54, 1.807) is 0 Å². The lowest BCUT2D eigenvalue weighted by Crippen LogP contribution is -2.57. The van der Waals surface area contributed by atoms with E-state index < -0.39 is 5.60 Å². The second kappa shape index (κ2) is 11.5. The summed E-state index contributed by atoms with van der Waals surface area (Å²) in [5.74, 6) is 0.940. The van der Waals surface area contributed by atoms with Crippen LogP contribution in [-0.4, -0.2) is 40.8 Å². The number of likely N-dealkylation sites (tertiary alicyclic amines) is 1. The zero-order chi connectivity index (χ0) is 20.3. The molecular formula is C25H36Cl2N2O2. The van der Waals surface area contributed by atoms with Crippen LogP contribution in [0.2, 0.25) is 0 Å². The van der Waals surface area contributed by atoms with Crippen LogP contribution in [0, 0.1) is 0 Å². The van der Waals surface area contributed by atoms with E-state index in [9.17, 15) is 5.11 Å². The molecule has 1 aliphatic carbocycles. The Morgan fingerprint density at radius 2 is 1.77 bits per heavy atom. The first kappa shape index (κ1) is 26.0. The monoisotopic (exact) mass is 466 g/mol. The average molecular weight is 467 g/mol. The van der Waals surface area contributed by atoms with Gasteiger partial charge in [-0.2, -0.15) is 0 Å². The van der Waals surface area contributed by atoms with Gasteiger partial charge in [-0.25, -0.2) is 0 Å². The van der Waals surface area contributed by atoms with Gasteiger partial charge in [0.1, 0.15) is 12.4 Å². The van der Waals surface area contributed by atoms with E-state index in [-0.39, 0.29) is 42.8 Å². The fourth-order valence-electron chi connectivity index (χ4n) is 5.15. The number of nitrogens with zero attached hydrogens (tertiary/aromatic N) is 1. The molecule has 31 heavy (non-hydrogen) atoms. The molecule has 4 atom stereocenters. The lowest BCUT2D eigenvalue weighted by atomic mass is 9.70. The quantitative estimate of drug-likeness (QED) is 0.633. The van der Waals surface area contributed by atoms with Crippen molar-refractivity contribution in [3.63, 3.8) is 0 Å². The Kier molecular flexibility index (Phi) is 9.66. The zero-order valence-corrected chi connectivity index (χ0v) is 19.9. The van der Waals surface area contributed by atoms with Gasteiger partial charge in [-0.1, -0.05) is 62.2 Å². The second-order valence-corrected chi connectivity index (χ2v) is 8.86. The number of rotatable bonds is 6. The van der Waals surface area contributed by atoms with Gasteiger partial charge in [0, 0.05) is 31.1 Å². The third-order valence-electron chi connectivity index (χ3n) is 6.96. The maximum absolute atomic E-state index is 11.8. The molecule has 0 spiro atoms. The van der Waals surface area contributed by atoms with Gasteiger partial charge in [-0.05, 0) is 42.5 Å². The van der Waals surface area contributed by atoms with Crippen molar-refractivity contribution in [3.05, 3.63) is 65.7 Å². The smallest absolute Gasteiger partial charge is 0.119 e. The first-order valence-electron chi connectivity index (χ1n) is 11.0. The Hall–Kier alpha value is -1.30. The van der Waals surface area contributed by atoms with Crippen molar-refractivity contribution in [1.29, 1.82) is 0 Å². The number of hydrogen-bond acceptors (Lipinski definition) is 4. The van der Waals surface area contributed by atoms with Crippen LogP contribution in [0.5, 0.6) is 5.75 Å². The summed E-state index contributed by atoms with van der Waals surface area (Å²) in [5.41, 5.74) is 7.79. The van der Waals surface area contributed by atoms with Crippen LogP contribution in [0.3, 0.4) is 0 Å². The molecular weight excluding hydrogens is 431 g/mol.